The first-order valence-corrected chi connectivity index (χ1v) is 10.3. The molecule has 0 radical (unpaired) electrons. The van der Waals surface area contributed by atoms with Crippen molar-refractivity contribution in [2.75, 3.05) is 18.4 Å². The predicted octanol–water partition coefficient (Wildman–Crippen LogP) is 3.73. The number of anilines is 1. The third-order valence-corrected chi connectivity index (χ3v) is 6.70. The summed E-state index contributed by atoms with van der Waals surface area (Å²) in [7, 11) is -3.57. The molecular weight excluding hydrogens is 348 g/mol. The van der Waals surface area contributed by atoms with Crippen LogP contribution in [0.15, 0.2) is 47.4 Å². The van der Waals surface area contributed by atoms with E-state index in [2.05, 4.69) is 5.32 Å². The highest BCUT2D eigenvalue weighted by molar-refractivity contribution is 7.89. The van der Waals surface area contributed by atoms with Gasteiger partial charge in [0, 0.05) is 24.3 Å². The smallest absolute Gasteiger partial charge is 0.255 e. The van der Waals surface area contributed by atoms with Gasteiger partial charge in [-0.15, -0.1) is 0 Å². The second-order valence-corrected chi connectivity index (χ2v) is 8.67. The normalized spacial score (nSPS) is 15.6. The number of nitrogens with one attached hydrogen (secondary N) is 1. The van der Waals surface area contributed by atoms with E-state index in [-0.39, 0.29) is 10.8 Å². The number of piperidine rings is 1. The number of hydrogen-bond acceptors (Lipinski definition) is 3. The molecule has 1 fully saturated rings. The van der Waals surface area contributed by atoms with E-state index in [4.69, 9.17) is 0 Å². The summed E-state index contributed by atoms with van der Waals surface area (Å²) in [5, 5.41) is 2.83. The Balaban J connectivity index is 1.88. The van der Waals surface area contributed by atoms with Crippen LogP contribution in [0.3, 0.4) is 0 Å². The molecule has 2 aromatic carbocycles. The molecule has 1 aliphatic rings. The maximum absolute atomic E-state index is 13.0. The van der Waals surface area contributed by atoms with Gasteiger partial charge in [-0.2, -0.15) is 4.31 Å². The number of carbonyl (C=O) groups is 1. The average Bonchev–Trinajstić information content (AvgIpc) is 2.62. The van der Waals surface area contributed by atoms with Crippen LogP contribution in [-0.4, -0.2) is 31.7 Å². The van der Waals surface area contributed by atoms with Crippen LogP contribution in [0.4, 0.5) is 5.69 Å². The fraction of sp³-hybridized carbons (Fsp3) is 0.350. The predicted molar refractivity (Wildman–Crippen MR) is 103 cm³/mol. The Labute approximate surface area is 155 Å². The molecule has 0 saturated carbocycles. The molecule has 2 aromatic rings. The Morgan fingerprint density at radius 3 is 2.42 bits per heavy atom. The Hall–Kier alpha value is -2.18. The number of nitrogens with zero attached hydrogens (tertiary/aromatic N) is 1. The van der Waals surface area contributed by atoms with Crippen molar-refractivity contribution in [1.82, 2.24) is 4.31 Å². The highest BCUT2D eigenvalue weighted by Gasteiger charge is 2.28. The van der Waals surface area contributed by atoms with Crippen molar-refractivity contribution in [2.45, 2.75) is 38.0 Å². The van der Waals surface area contributed by atoms with E-state index in [1.807, 2.05) is 31.2 Å². The third-order valence-electron chi connectivity index (χ3n) is 4.66. The highest BCUT2D eigenvalue weighted by atomic mass is 32.2. The zero-order chi connectivity index (χ0) is 18.7. The van der Waals surface area contributed by atoms with Crippen molar-refractivity contribution >= 4 is 21.6 Å². The minimum Gasteiger partial charge on any atom is -0.322 e. The Kier molecular flexibility index (Phi) is 5.44. The second-order valence-electron chi connectivity index (χ2n) is 6.77. The van der Waals surface area contributed by atoms with Gasteiger partial charge >= 0.3 is 0 Å². The summed E-state index contributed by atoms with van der Waals surface area (Å²) in [6.07, 6.45) is 2.82. The molecule has 0 aliphatic carbocycles. The fourth-order valence-electron chi connectivity index (χ4n) is 3.19. The monoisotopic (exact) mass is 372 g/mol. The lowest BCUT2D eigenvalue weighted by atomic mass is 10.1. The number of hydrogen-bond donors (Lipinski definition) is 1. The van der Waals surface area contributed by atoms with E-state index >= 15 is 0 Å². The zero-order valence-corrected chi connectivity index (χ0v) is 16.0. The first kappa shape index (κ1) is 18.6. The topological polar surface area (TPSA) is 66.5 Å². The number of benzene rings is 2. The van der Waals surface area contributed by atoms with Crippen molar-refractivity contribution in [3.8, 4) is 0 Å². The van der Waals surface area contributed by atoms with E-state index < -0.39 is 10.0 Å². The number of carbonyl (C=O) groups excluding carboxylic acids is 1. The van der Waals surface area contributed by atoms with Gasteiger partial charge in [0.1, 0.15) is 0 Å². The van der Waals surface area contributed by atoms with Crippen LogP contribution in [0.2, 0.25) is 0 Å². The lowest BCUT2D eigenvalue weighted by molar-refractivity contribution is 0.102. The van der Waals surface area contributed by atoms with Crippen molar-refractivity contribution in [3.05, 3.63) is 59.2 Å². The molecule has 0 unspecified atom stereocenters. The van der Waals surface area contributed by atoms with Crippen molar-refractivity contribution in [1.29, 1.82) is 0 Å². The summed E-state index contributed by atoms with van der Waals surface area (Å²) in [5.74, 6) is -0.314. The van der Waals surface area contributed by atoms with Crippen LogP contribution in [-0.2, 0) is 10.0 Å². The summed E-state index contributed by atoms with van der Waals surface area (Å²) < 4.78 is 27.5. The molecule has 1 saturated heterocycles. The van der Waals surface area contributed by atoms with Gasteiger partial charge in [0.15, 0.2) is 0 Å². The first-order valence-electron chi connectivity index (χ1n) is 8.87. The first-order chi connectivity index (χ1) is 12.4. The van der Waals surface area contributed by atoms with E-state index in [1.165, 1.54) is 10.4 Å². The van der Waals surface area contributed by atoms with Crippen LogP contribution in [0.5, 0.6) is 0 Å². The van der Waals surface area contributed by atoms with Crippen molar-refractivity contribution in [3.63, 3.8) is 0 Å². The summed E-state index contributed by atoms with van der Waals surface area (Å²) in [6.45, 7) is 4.80. The molecule has 1 aliphatic heterocycles. The molecular formula is C20H24N2O3S. The quantitative estimate of drug-likeness (QED) is 0.889. The van der Waals surface area contributed by atoms with E-state index in [0.29, 0.717) is 29.9 Å². The van der Waals surface area contributed by atoms with E-state index in [1.54, 1.807) is 19.1 Å². The molecule has 3 rings (SSSR count). The highest BCUT2D eigenvalue weighted by Crippen LogP contribution is 2.25. The van der Waals surface area contributed by atoms with Gasteiger partial charge in [-0.25, -0.2) is 8.42 Å². The number of aryl methyl sites for hydroxylation is 2. The lowest BCUT2D eigenvalue weighted by Gasteiger charge is -2.26. The zero-order valence-electron chi connectivity index (χ0n) is 15.2. The SMILES string of the molecule is Cc1cccc(NC(=O)c2ccc(C)c(S(=O)(=O)N3CCCCC3)c2)c1. The molecule has 0 bridgehead atoms. The molecule has 1 N–H and O–H groups in total. The largest absolute Gasteiger partial charge is 0.322 e. The maximum atomic E-state index is 13.0. The van der Waals surface area contributed by atoms with Crippen LogP contribution < -0.4 is 5.32 Å². The van der Waals surface area contributed by atoms with Gasteiger partial charge in [0.05, 0.1) is 4.90 Å². The second kappa shape index (κ2) is 7.60. The van der Waals surface area contributed by atoms with Gasteiger partial charge in [-0.3, -0.25) is 4.79 Å². The minimum atomic E-state index is -3.57. The van der Waals surface area contributed by atoms with Gasteiger partial charge in [-0.1, -0.05) is 24.6 Å². The minimum absolute atomic E-state index is 0.219. The van der Waals surface area contributed by atoms with Crippen LogP contribution in [0.1, 0.15) is 40.7 Å². The molecule has 26 heavy (non-hydrogen) atoms. The van der Waals surface area contributed by atoms with Gasteiger partial charge in [0.25, 0.3) is 5.91 Å². The number of sulfonamides is 1. The van der Waals surface area contributed by atoms with Crippen LogP contribution >= 0.6 is 0 Å². The van der Waals surface area contributed by atoms with E-state index in [0.717, 1.165) is 24.8 Å². The molecule has 1 amide bonds. The summed E-state index contributed by atoms with van der Waals surface area (Å²) in [6, 6.07) is 12.3. The van der Waals surface area contributed by atoms with Crippen molar-refractivity contribution in [2.24, 2.45) is 0 Å². The van der Waals surface area contributed by atoms with Crippen LogP contribution in [0, 0.1) is 13.8 Å². The molecule has 6 heteroatoms. The summed E-state index contributed by atoms with van der Waals surface area (Å²) in [5.41, 5.74) is 2.73. The van der Waals surface area contributed by atoms with Crippen molar-refractivity contribution < 1.29 is 13.2 Å². The Morgan fingerprint density at radius 2 is 1.73 bits per heavy atom. The molecule has 5 nitrogen and oxygen atoms in total. The van der Waals surface area contributed by atoms with E-state index in [9.17, 15) is 13.2 Å². The molecule has 0 atom stereocenters. The lowest BCUT2D eigenvalue weighted by Crippen LogP contribution is -2.36. The number of amides is 1. The third kappa shape index (κ3) is 3.97. The molecule has 0 aromatic heterocycles. The van der Waals surface area contributed by atoms with Gasteiger partial charge in [0.2, 0.25) is 10.0 Å². The van der Waals surface area contributed by atoms with Gasteiger partial charge < -0.3 is 5.32 Å². The number of rotatable bonds is 4. The molecule has 0 spiro atoms. The molecule has 1 heterocycles. The summed E-state index contributed by atoms with van der Waals surface area (Å²) in [4.78, 5) is 12.8. The molecule has 138 valence electrons. The fourth-order valence-corrected chi connectivity index (χ4v) is 4.96. The average molecular weight is 372 g/mol. The standard InChI is InChI=1S/C20H24N2O3S/c1-15-7-6-8-18(13-15)21-20(23)17-10-9-16(2)19(14-17)26(24,25)22-11-4-3-5-12-22/h6-10,13-14H,3-5,11-12H2,1-2H3,(H,21,23). The van der Waals surface area contributed by atoms with Gasteiger partial charge in [-0.05, 0) is 62.1 Å². The Morgan fingerprint density at radius 1 is 1.00 bits per heavy atom. The van der Waals surface area contributed by atoms with Crippen LogP contribution in [0.25, 0.3) is 0 Å². The summed E-state index contributed by atoms with van der Waals surface area (Å²) >= 11 is 0. The maximum Gasteiger partial charge on any atom is 0.255 e. The Bertz CT molecular complexity index is 916.